The summed E-state index contributed by atoms with van der Waals surface area (Å²) in [7, 11) is 0. The Kier molecular flexibility index (Phi) is 2.65. The van der Waals surface area contributed by atoms with Crippen molar-refractivity contribution >= 4 is 16.7 Å². The predicted molar refractivity (Wildman–Crippen MR) is 68.5 cm³/mol. The Labute approximate surface area is 104 Å². The standard InChI is InChI=1S/C15H11NO2/c17-15(10-11-4-3-9-18-11)13-5-1-7-14-12(13)6-2-8-16-14/h1-9H,10H2. The second-order valence-corrected chi connectivity index (χ2v) is 4.05. The Morgan fingerprint density at radius 2 is 2.06 bits per heavy atom. The maximum absolute atomic E-state index is 12.2. The molecule has 0 saturated heterocycles. The number of ketones is 1. The third kappa shape index (κ3) is 1.91. The van der Waals surface area contributed by atoms with Crippen LogP contribution in [-0.2, 0) is 6.42 Å². The fourth-order valence-electron chi connectivity index (χ4n) is 2.01. The van der Waals surface area contributed by atoms with Gasteiger partial charge in [-0.2, -0.15) is 0 Å². The fourth-order valence-corrected chi connectivity index (χ4v) is 2.01. The number of aromatic nitrogens is 1. The summed E-state index contributed by atoms with van der Waals surface area (Å²) in [6.45, 7) is 0. The summed E-state index contributed by atoms with van der Waals surface area (Å²) in [5.74, 6) is 0.726. The predicted octanol–water partition coefficient (Wildman–Crippen LogP) is 3.25. The second-order valence-electron chi connectivity index (χ2n) is 4.05. The van der Waals surface area contributed by atoms with Crippen molar-refractivity contribution in [3.8, 4) is 0 Å². The number of furan rings is 1. The van der Waals surface area contributed by atoms with Crippen molar-refractivity contribution in [1.29, 1.82) is 0 Å². The van der Waals surface area contributed by atoms with E-state index in [1.807, 2.05) is 30.3 Å². The van der Waals surface area contributed by atoms with Crippen LogP contribution in [0.3, 0.4) is 0 Å². The fraction of sp³-hybridized carbons (Fsp3) is 0.0667. The van der Waals surface area contributed by atoms with Crippen molar-refractivity contribution in [2.75, 3.05) is 0 Å². The van der Waals surface area contributed by atoms with E-state index in [-0.39, 0.29) is 12.2 Å². The van der Waals surface area contributed by atoms with E-state index in [0.717, 1.165) is 10.9 Å². The first-order valence-electron chi connectivity index (χ1n) is 5.74. The average molecular weight is 237 g/mol. The molecule has 0 aliphatic rings. The van der Waals surface area contributed by atoms with Crippen molar-refractivity contribution in [2.24, 2.45) is 0 Å². The maximum atomic E-state index is 12.2. The molecular weight excluding hydrogens is 226 g/mol. The van der Waals surface area contributed by atoms with Crippen molar-refractivity contribution in [1.82, 2.24) is 4.98 Å². The molecule has 0 aliphatic heterocycles. The first-order chi connectivity index (χ1) is 8.84. The number of carbonyl (C=O) groups excluding carboxylic acids is 1. The molecule has 0 atom stereocenters. The van der Waals surface area contributed by atoms with Gasteiger partial charge in [0.15, 0.2) is 5.78 Å². The first-order valence-corrected chi connectivity index (χ1v) is 5.74. The third-order valence-corrected chi connectivity index (χ3v) is 2.86. The number of Topliss-reactive ketones (excluding diaryl/α,β-unsaturated/α-hetero) is 1. The van der Waals surface area contributed by atoms with Gasteiger partial charge in [0, 0.05) is 17.1 Å². The van der Waals surface area contributed by atoms with E-state index < -0.39 is 0 Å². The van der Waals surface area contributed by atoms with Crippen LogP contribution in [0.25, 0.3) is 10.9 Å². The van der Waals surface area contributed by atoms with Crippen molar-refractivity contribution in [3.63, 3.8) is 0 Å². The Hall–Kier alpha value is -2.42. The van der Waals surface area contributed by atoms with Gasteiger partial charge >= 0.3 is 0 Å². The lowest BCUT2D eigenvalue weighted by Gasteiger charge is -2.03. The summed E-state index contributed by atoms with van der Waals surface area (Å²) in [5, 5.41) is 0.886. The molecule has 18 heavy (non-hydrogen) atoms. The van der Waals surface area contributed by atoms with Crippen molar-refractivity contribution in [2.45, 2.75) is 6.42 Å². The number of nitrogens with zero attached hydrogens (tertiary/aromatic N) is 1. The summed E-state index contributed by atoms with van der Waals surface area (Å²) < 4.78 is 5.20. The van der Waals surface area contributed by atoms with E-state index in [0.29, 0.717) is 11.3 Å². The molecule has 3 heteroatoms. The van der Waals surface area contributed by atoms with Crippen LogP contribution in [0, 0.1) is 0 Å². The van der Waals surface area contributed by atoms with E-state index in [2.05, 4.69) is 4.98 Å². The van der Waals surface area contributed by atoms with Gasteiger partial charge in [-0.3, -0.25) is 9.78 Å². The molecule has 0 saturated carbocycles. The zero-order valence-corrected chi connectivity index (χ0v) is 9.67. The highest BCUT2D eigenvalue weighted by molar-refractivity contribution is 6.07. The highest BCUT2D eigenvalue weighted by Crippen LogP contribution is 2.18. The van der Waals surface area contributed by atoms with E-state index in [4.69, 9.17) is 4.42 Å². The molecule has 88 valence electrons. The molecule has 0 spiro atoms. The van der Waals surface area contributed by atoms with Gasteiger partial charge in [0.05, 0.1) is 18.2 Å². The number of pyridine rings is 1. The number of carbonyl (C=O) groups is 1. The number of benzene rings is 1. The van der Waals surface area contributed by atoms with E-state index in [1.54, 1.807) is 24.6 Å². The zero-order chi connectivity index (χ0) is 12.4. The molecule has 3 nitrogen and oxygen atoms in total. The minimum Gasteiger partial charge on any atom is -0.469 e. The quantitative estimate of drug-likeness (QED) is 0.657. The minimum atomic E-state index is 0.0450. The lowest BCUT2D eigenvalue weighted by molar-refractivity contribution is 0.0988. The number of rotatable bonds is 3. The van der Waals surface area contributed by atoms with Gasteiger partial charge in [-0.05, 0) is 24.3 Å². The van der Waals surface area contributed by atoms with Crippen LogP contribution < -0.4 is 0 Å². The lowest BCUT2D eigenvalue weighted by atomic mass is 10.0. The Bertz CT molecular complexity index is 681. The maximum Gasteiger partial charge on any atom is 0.171 e. The summed E-state index contributed by atoms with van der Waals surface area (Å²) in [5.41, 5.74) is 1.53. The summed E-state index contributed by atoms with van der Waals surface area (Å²) in [6.07, 6.45) is 3.58. The van der Waals surface area contributed by atoms with Crippen LogP contribution in [0.15, 0.2) is 59.3 Å². The first kappa shape index (κ1) is 10.7. The normalized spacial score (nSPS) is 10.7. The van der Waals surface area contributed by atoms with E-state index >= 15 is 0 Å². The second kappa shape index (κ2) is 4.45. The lowest BCUT2D eigenvalue weighted by Crippen LogP contribution is -2.03. The van der Waals surface area contributed by atoms with E-state index in [1.165, 1.54) is 0 Å². The van der Waals surface area contributed by atoms with Gasteiger partial charge < -0.3 is 4.42 Å². The molecule has 0 aliphatic carbocycles. The number of hydrogen-bond acceptors (Lipinski definition) is 3. The van der Waals surface area contributed by atoms with E-state index in [9.17, 15) is 4.79 Å². The van der Waals surface area contributed by atoms with Crippen molar-refractivity contribution in [3.05, 3.63) is 66.2 Å². The van der Waals surface area contributed by atoms with Crippen LogP contribution in [0.2, 0.25) is 0 Å². The number of hydrogen-bond donors (Lipinski definition) is 0. The Morgan fingerprint density at radius 3 is 2.89 bits per heavy atom. The molecule has 0 unspecified atom stereocenters. The molecule has 0 amide bonds. The smallest absolute Gasteiger partial charge is 0.171 e. The molecule has 3 rings (SSSR count). The van der Waals surface area contributed by atoms with Gasteiger partial charge in [-0.25, -0.2) is 0 Å². The summed E-state index contributed by atoms with van der Waals surface area (Å²) in [4.78, 5) is 16.5. The zero-order valence-electron chi connectivity index (χ0n) is 9.67. The third-order valence-electron chi connectivity index (χ3n) is 2.86. The molecule has 2 aromatic heterocycles. The van der Waals surface area contributed by atoms with Gasteiger partial charge in [0.2, 0.25) is 0 Å². The molecular formula is C15H11NO2. The highest BCUT2D eigenvalue weighted by atomic mass is 16.3. The van der Waals surface area contributed by atoms with Gasteiger partial charge in [0.25, 0.3) is 0 Å². The van der Waals surface area contributed by atoms with Crippen LogP contribution in [0.5, 0.6) is 0 Å². The van der Waals surface area contributed by atoms with Gasteiger partial charge in [-0.15, -0.1) is 0 Å². The largest absolute Gasteiger partial charge is 0.469 e. The number of fused-ring (bicyclic) bond motifs is 1. The molecule has 2 heterocycles. The van der Waals surface area contributed by atoms with Gasteiger partial charge in [-0.1, -0.05) is 18.2 Å². The van der Waals surface area contributed by atoms with Crippen LogP contribution >= 0.6 is 0 Å². The molecule has 0 fully saturated rings. The molecule has 0 bridgehead atoms. The topological polar surface area (TPSA) is 43.1 Å². The molecule has 1 aromatic carbocycles. The Balaban J connectivity index is 2.01. The van der Waals surface area contributed by atoms with Gasteiger partial charge in [0.1, 0.15) is 5.76 Å². The Morgan fingerprint density at radius 1 is 1.11 bits per heavy atom. The SMILES string of the molecule is O=C(Cc1ccco1)c1cccc2ncccc12. The molecule has 0 N–H and O–H groups in total. The van der Waals surface area contributed by atoms with Crippen LogP contribution in [0.1, 0.15) is 16.1 Å². The average Bonchev–Trinajstić information content (AvgIpc) is 2.91. The monoisotopic (exact) mass is 237 g/mol. The van der Waals surface area contributed by atoms with Crippen LogP contribution in [-0.4, -0.2) is 10.8 Å². The minimum absolute atomic E-state index is 0.0450. The summed E-state index contributed by atoms with van der Waals surface area (Å²) >= 11 is 0. The molecule has 0 radical (unpaired) electrons. The summed E-state index contributed by atoms with van der Waals surface area (Å²) in [6, 6.07) is 12.9. The highest BCUT2D eigenvalue weighted by Gasteiger charge is 2.12. The van der Waals surface area contributed by atoms with Crippen LogP contribution in [0.4, 0.5) is 0 Å². The molecule has 3 aromatic rings. The van der Waals surface area contributed by atoms with Crippen molar-refractivity contribution < 1.29 is 9.21 Å².